The molecule has 68 valence electrons. The van der Waals surface area contributed by atoms with Crippen molar-refractivity contribution < 1.29 is 15.0 Å². The molecule has 1 rings (SSSR count). The summed E-state index contributed by atoms with van der Waals surface area (Å²) in [6, 6.07) is 0. The van der Waals surface area contributed by atoms with E-state index in [1.165, 1.54) is 26.0 Å². The quantitative estimate of drug-likeness (QED) is 0.599. The first kappa shape index (κ1) is 9.42. The smallest absolute Gasteiger partial charge is 0.155 e. The van der Waals surface area contributed by atoms with Gasteiger partial charge in [0, 0.05) is 6.42 Å². The van der Waals surface area contributed by atoms with E-state index >= 15 is 0 Å². The highest BCUT2D eigenvalue weighted by molar-refractivity contribution is 5.90. The Balaban J connectivity index is 2.88. The molecule has 0 amide bonds. The van der Waals surface area contributed by atoms with Crippen LogP contribution in [0.3, 0.4) is 0 Å². The monoisotopic (exact) mass is 170 g/mol. The van der Waals surface area contributed by atoms with Crippen LogP contribution in [0.4, 0.5) is 0 Å². The van der Waals surface area contributed by atoms with Crippen LogP contribution in [0.2, 0.25) is 0 Å². The molecule has 0 aromatic rings. The highest BCUT2D eigenvalue weighted by Gasteiger charge is 2.41. The third-order valence-electron chi connectivity index (χ3n) is 2.36. The maximum Gasteiger partial charge on any atom is 0.155 e. The van der Waals surface area contributed by atoms with Gasteiger partial charge in [0.1, 0.15) is 5.60 Å². The lowest BCUT2D eigenvalue weighted by molar-refractivity contribution is -0.125. The molecular formula is C9H14O3. The SMILES string of the molecule is CC(C)(O)C1(O)C=CC(=O)CC1. The van der Waals surface area contributed by atoms with E-state index in [9.17, 15) is 15.0 Å². The summed E-state index contributed by atoms with van der Waals surface area (Å²) in [6.07, 6.45) is 3.32. The molecule has 12 heavy (non-hydrogen) atoms. The molecule has 1 aliphatic rings. The van der Waals surface area contributed by atoms with E-state index in [1.54, 1.807) is 0 Å². The first-order chi connectivity index (χ1) is 5.35. The predicted molar refractivity (Wildman–Crippen MR) is 44.6 cm³/mol. The van der Waals surface area contributed by atoms with Gasteiger partial charge < -0.3 is 10.2 Å². The van der Waals surface area contributed by atoms with Crippen LogP contribution in [0.1, 0.15) is 26.7 Å². The molecule has 0 aromatic heterocycles. The number of hydrogen-bond acceptors (Lipinski definition) is 3. The first-order valence-corrected chi connectivity index (χ1v) is 4.02. The Bertz CT molecular complexity index is 224. The van der Waals surface area contributed by atoms with Gasteiger partial charge in [-0.25, -0.2) is 0 Å². The highest BCUT2D eigenvalue weighted by Crippen LogP contribution is 2.30. The minimum atomic E-state index is -1.25. The molecule has 0 aliphatic heterocycles. The molecule has 2 N–H and O–H groups in total. The molecule has 3 nitrogen and oxygen atoms in total. The van der Waals surface area contributed by atoms with E-state index in [0.717, 1.165) is 0 Å². The van der Waals surface area contributed by atoms with Crippen LogP contribution in [0.15, 0.2) is 12.2 Å². The van der Waals surface area contributed by atoms with Gasteiger partial charge in [0.25, 0.3) is 0 Å². The lowest BCUT2D eigenvalue weighted by atomic mass is 9.78. The number of carbonyl (C=O) groups is 1. The fourth-order valence-electron chi connectivity index (χ4n) is 1.22. The Labute approximate surface area is 71.7 Å². The van der Waals surface area contributed by atoms with Crippen molar-refractivity contribution in [2.75, 3.05) is 0 Å². The molecule has 0 spiro atoms. The van der Waals surface area contributed by atoms with Crippen molar-refractivity contribution in [3.63, 3.8) is 0 Å². The van der Waals surface area contributed by atoms with Gasteiger partial charge in [-0.15, -0.1) is 0 Å². The summed E-state index contributed by atoms with van der Waals surface area (Å²) in [6.45, 7) is 3.07. The summed E-state index contributed by atoms with van der Waals surface area (Å²) in [5.41, 5.74) is -2.44. The third-order valence-corrected chi connectivity index (χ3v) is 2.36. The van der Waals surface area contributed by atoms with E-state index in [0.29, 0.717) is 12.8 Å². The van der Waals surface area contributed by atoms with Crippen LogP contribution in [-0.4, -0.2) is 27.2 Å². The van der Waals surface area contributed by atoms with Gasteiger partial charge in [0.05, 0.1) is 5.60 Å². The molecule has 0 saturated heterocycles. The largest absolute Gasteiger partial charge is 0.387 e. The van der Waals surface area contributed by atoms with Crippen LogP contribution in [0.5, 0.6) is 0 Å². The van der Waals surface area contributed by atoms with Gasteiger partial charge in [-0.05, 0) is 32.4 Å². The molecule has 0 aromatic carbocycles. The number of aliphatic hydroxyl groups is 2. The van der Waals surface area contributed by atoms with Crippen molar-refractivity contribution in [2.45, 2.75) is 37.9 Å². The standard InChI is InChI=1S/C9H14O3/c1-8(2,11)9(12)5-3-7(10)4-6-9/h3,5,11-12H,4,6H2,1-2H3. The van der Waals surface area contributed by atoms with Crippen LogP contribution in [0.25, 0.3) is 0 Å². The molecule has 1 atom stereocenters. The van der Waals surface area contributed by atoms with Crippen molar-refractivity contribution >= 4 is 5.78 Å². The summed E-state index contributed by atoms with van der Waals surface area (Å²) in [4.78, 5) is 10.8. The second-order valence-electron chi connectivity index (χ2n) is 3.78. The molecule has 0 radical (unpaired) electrons. The Hall–Kier alpha value is -0.670. The lowest BCUT2D eigenvalue weighted by Crippen LogP contribution is -2.50. The second kappa shape index (κ2) is 2.68. The Morgan fingerprint density at radius 3 is 2.50 bits per heavy atom. The van der Waals surface area contributed by atoms with E-state index in [-0.39, 0.29) is 5.78 Å². The highest BCUT2D eigenvalue weighted by atomic mass is 16.4. The molecule has 0 fully saturated rings. The number of rotatable bonds is 1. The molecule has 0 heterocycles. The van der Waals surface area contributed by atoms with Gasteiger partial charge in [0.15, 0.2) is 5.78 Å². The van der Waals surface area contributed by atoms with Gasteiger partial charge >= 0.3 is 0 Å². The number of ketones is 1. The zero-order chi connectivity index (χ0) is 9.41. The molecule has 3 heteroatoms. The zero-order valence-corrected chi connectivity index (χ0v) is 7.37. The molecule has 1 unspecified atom stereocenters. The lowest BCUT2D eigenvalue weighted by Gasteiger charge is -2.37. The summed E-state index contributed by atoms with van der Waals surface area (Å²) in [5, 5.41) is 19.4. The van der Waals surface area contributed by atoms with Crippen molar-refractivity contribution in [3.8, 4) is 0 Å². The topological polar surface area (TPSA) is 57.5 Å². The van der Waals surface area contributed by atoms with E-state index in [2.05, 4.69) is 0 Å². The average molecular weight is 170 g/mol. The number of hydrogen-bond donors (Lipinski definition) is 2. The fraction of sp³-hybridized carbons (Fsp3) is 0.667. The first-order valence-electron chi connectivity index (χ1n) is 4.02. The molecule has 0 saturated carbocycles. The summed E-state index contributed by atoms with van der Waals surface area (Å²) in [7, 11) is 0. The maximum absolute atomic E-state index is 10.8. The second-order valence-corrected chi connectivity index (χ2v) is 3.78. The molecule has 0 bridgehead atoms. The van der Waals surface area contributed by atoms with Gasteiger partial charge in [-0.1, -0.05) is 0 Å². The minimum Gasteiger partial charge on any atom is -0.387 e. The van der Waals surface area contributed by atoms with Crippen molar-refractivity contribution in [1.82, 2.24) is 0 Å². The van der Waals surface area contributed by atoms with Crippen LogP contribution in [-0.2, 0) is 4.79 Å². The van der Waals surface area contributed by atoms with E-state index in [4.69, 9.17) is 0 Å². The van der Waals surface area contributed by atoms with Crippen LogP contribution in [0, 0.1) is 0 Å². The predicted octanol–water partition coefficient (Wildman–Crippen LogP) is 0.408. The zero-order valence-electron chi connectivity index (χ0n) is 7.37. The Morgan fingerprint density at radius 2 is 2.17 bits per heavy atom. The molecule has 1 aliphatic carbocycles. The summed E-state index contributed by atoms with van der Waals surface area (Å²) in [5.74, 6) is 0.00363. The maximum atomic E-state index is 10.8. The molecular weight excluding hydrogens is 156 g/mol. The fourth-order valence-corrected chi connectivity index (χ4v) is 1.22. The van der Waals surface area contributed by atoms with Crippen molar-refractivity contribution in [1.29, 1.82) is 0 Å². The van der Waals surface area contributed by atoms with Gasteiger partial charge in [-0.3, -0.25) is 4.79 Å². The van der Waals surface area contributed by atoms with E-state index < -0.39 is 11.2 Å². The number of carbonyl (C=O) groups excluding carboxylic acids is 1. The third kappa shape index (κ3) is 1.57. The van der Waals surface area contributed by atoms with Gasteiger partial charge in [0.2, 0.25) is 0 Å². The average Bonchev–Trinajstić information content (AvgIpc) is 1.93. The van der Waals surface area contributed by atoms with Crippen molar-refractivity contribution in [3.05, 3.63) is 12.2 Å². The number of allylic oxidation sites excluding steroid dienone is 1. The Kier molecular flexibility index (Phi) is 2.10. The van der Waals surface area contributed by atoms with Crippen LogP contribution < -0.4 is 0 Å². The van der Waals surface area contributed by atoms with Crippen LogP contribution >= 0.6 is 0 Å². The Morgan fingerprint density at radius 1 is 1.58 bits per heavy atom. The van der Waals surface area contributed by atoms with Crippen molar-refractivity contribution in [2.24, 2.45) is 0 Å². The summed E-state index contributed by atoms with van der Waals surface area (Å²) < 4.78 is 0. The van der Waals surface area contributed by atoms with Gasteiger partial charge in [-0.2, -0.15) is 0 Å². The normalized spacial score (nSPS) is 30.8. The van der Waals surface area contributed by atoms with E-state index in [1.807, 2.05) is 0 Å². The minimum absolute atomic E-state index is 0.00363. The summed E-state index contributed by atoms with van der Waals surface area (Å²) >= 11 is 0.